The zero-order valence-corrected chi connectivity index (χ0v) is 27.6. The van der Waals surface area contributed by atoms with Gasteiger partial charge >= 0.3 is 7.82 Å². The molecule has 0 spiro atoms. The lowest BCUT2D eigenvalue weighted by Gasteiger charge is -2.27. The van der Waals surface area contributed by atoms with Crippen molar-refractivity contribution in [3.05, 3.63) is 70.1 Å². The van der Waals surface area contributed by atoms with E-state index in [-0.39, 0.29) is 18.6 Å². The summed E-state index contributed by atoms with van der Waals surface area (Å²) < 4.78 is 21.1. The molecular weight excluding hydrogens is 602 g/mol. The van der Waals surface area contributed by atoms with Gasteiger partial charge in [0.2, 0.25) is 0 Å². The van der Waals surface area contributed by atoms with E-state index in [1.165, 1.54) is 0 Å². The van der Waals surface area contributed by atoms with Gasteiger partial charge in [-0.2, -0.15) is 0 Å². The number of carbonyl (C=O) groups excluding carboxylic acids is 1. The molecule has 0 saturated carbocycles. The van der Waals surface area contributed by atoms with Gasteiger partial charge in [0.1, 0.15) is 11.5 Å². The molecule has 2 aromatic heterocycles. The number of phosphoric acid groups is 1. The molecule has 0 aliphatic carbocycles. The maximum absolute atomic E-state index is 12.7. The van der Waals surface area contributed by atoms with Gasteiger partial charge in [0.25, 0.3) is 5.91 Å². The molecule has 0 bridgehead atoms. The average molecular weight is 644 g/mol. The number of carbonyl (C=O) groups is 1. The molecule has 232 valence electrons. The van der Waals surface area contributed by atoms with Crippen molar-refractivity contribution in [2.45, 2.75) is 78.7 Å². The monoisotopic (exact) mass is 642 g/mol. The number of rotatable bonds is 9. The summed E-state index contributed by atoms with van der Waals surface area (Å²) in [6, 6.07) is 10.2. The van der Waals surface area contributed by atoms with Crippen molar-refractivity contribution in [1.82, 2.24) is 15.3 Å². The maximum atomic E-state index is 12.7. The van der Waals surface area contributed by atoms with Crippen LogP contribution < -0.4 is 10.6 Å². The number of aromatic amines is 1. The number of nitrogens with one attached hydrogen (secondary N) is 3. The van der Waals surface area contributed by atoms with Gasteiger partial charge in [0, 0.05) is 34.6 Å². The fourth-order valence-electron chi connectivity index (χ4n) is 3.62. The SMILES string of the molecule is CC(C)(C)OP(=O)(O)OC(C)(C)C.CC(C)Nc1cc(-c2c[nH]c(C(=O)N[C@H](CO)c3cccc(Cl)c3)c2)c(Cl)cn1. The lowest BCUT2D eigenvalue weighted by atomic mass is 10.1. The fraction of sp³-hybridized carbons (Fsp3) is 0.448. The highest BCUT2D eigenvalue weighted by Crippen LogP contribution is 2.50. The van der Waals surface area contributed by atoms with Crippen molar-refractivity contribution in [1.29, 1.82) is 0 Å². The number of H-pyrrole nitrogens is 1. The van der Waals surface area contributed by atoms with Crippen LogP contribution in [0.5, 0.6) is 0 Å². The molecular formula is C29H41Cl2N4O6P. The van der Waals surface area contributed by atoms with Gasteiger partial charge in [-0.25, -0.2) is 9.55 Å². The van der Waals surface area contributed by atoms with Gasteiger partial charge in [-0.15, -0.1) is 0 Å². The number of amides is 1. The normalized spacial score (nSPS) is 12.9. The van der Waals surface area contributed by atoms with E-state index in [4.69, 9.17) is 32.2 Å². The second kappa shape index (κ2) is 14.8. The highest BCUT2D eigenvalue weighted by atomic mass is 35.5. The Kier molecular flexibility index (Phi) is 12.6. The molecule has 0 saturated heterocycles. The minimum Gasteiger partial charge on any atom is -0.394 e. The first-order chi connectivity index (χ1) is 19.3. The first kappa shape index (κ1) is 35.8. The van der Waals surface area contributed by atoms with Crippen LogP contribution in [-0.2, 0) is 13.6 Å². The predicted octanol–water partition coefficient (Wildman–Crippen LogP) is 7.38. The van der Waals surface area contributed by atoms with Gasteiger partial charge in [-0.3, -0.25) is 13.8 Å². The van der Waals surface area contributed by atoms with Crippen LogP contribution in [0.2, 0.25) is 10.0 Å². The number of aromatic nitrogens is 2. The molecule has 5 N–H and O–H groups in total. The number of anilines is 1. The van der Waals surface area contributed by atoms with Crippen LogP contribution in [0.1, 0.15) is 77.5 Å². The third-order valence-electron chi connectivity index (χ3n) is 5.05. The van der Waals surface area contributed by atoms with Crippen molar-refractivity contribution in [3.63, 3.8) is 0 Å². The topological polar surface area (TPSA) is 146 Å². The van der Waals surface area contributed by atoms with E-state index in [0.717, 1.165) is 16.7 Å². The molecule has 3 rings (SSSR count). The molecule has 1 amide bonds. The number of aliphatic hydroxyl groups is 1. The molecule has 0 unspecified atom stereocenters. The van der Waals surface area contributed by atoms with Gasteiger partial charge in [-0.05, 0) is 85.2 Å². The second-order valence-corrected chi connectivity index (χ2v) is 13.9. The molecule has 0 radical (unpaired) electrons. The highest BCUT2D eigenvalue weighted by molar-refractivity contribution is 7.47. The summed E-state index contributed by atoms with van der Waals surface area (Å²) in [6.07, 6.45) is 3.29. The number of hydrogen-bond donors (Lipinski definition) is 5. The quantitative estimate of drug-likeness (QED) is 0.152. The van der Waals surface area contributed by atoms with Crippen molar-refractivity contribution in [3.8, 4) is 11.1 Å². The summed E-state index contributed by atoms with van der Waals surface area (Å²) in [7, 11) is -3.94. The molecule has 2 heterocycles. The zero-order chi connectivity index (χ0) is 31.9. The molecule has 0 aliphatic heterocycles. The Morgan fingerprint density at radius 2 is 1.69 bits per heavy atom. The first-order valence-corrected chi connectivity index (χ1v) is 15.6. The van der Waals surface area contributed by atoms with Crippen LogP contribution in [0.25, 0.3) is 11.1 Å². The number of hydrogen-bond acceptors (Lipinski definition) is 7. The third-order valence-corrected chi connectivity index (χ3v) is 7.14. The first-order valence-electron chi connectivity index (χ1n) is 13.3. The fourth-order valence-corrected chi connectivity index (χ4v) is 5.45. The number of pyridine rings is 1. The van der Waals surface area contributed by atoms with Crippen LogP contribution in [0.4, 0.5) is 5.82 Å². The molecule has 13 heteroatoms. The Bertz CT molecular complexity index is 1360. The van der Waals surface area contributed by atoms with Gasteiger partial charge in [-0.1, -0.05) is 35.3 Å². The van der Waals surface area contributed by atoms with E-state index in [0.29, 0.717) is 21.6 Å². The summed E-state index contributed by atoms with van der Waals surface area (Å²) in [6.45, 7) is 14.0. The Morgan fingerprint density at radius 1 is 1.07 bits per heavy atom. The van der Waals surface area contributed by atoms with Gasteiger partial charge in [0.05, 0.1) is 28.9 Å². The van der Waals surface area contributed by atoms with Crippen molar-refractivity contribution in [2.24, 2.45) is 0 Å². The Morgan fingerprint density at radius 3 is 2.21 bits per heavy atom. The average Bonchev–Trinajstić information content (AvgIpc) is 3.31. The molecule has 0 aliphatic rings. The molecule has 1 aromatic carbocycles. The number of benzene rings is 1. The number of aliphatic hydroxyl groups excluding tert-OH is 1. The van der Waals surface area contributed by atoms with Crippen LogP contribution in [-0.4, -0.2) is 49.7 Å². The van der Waals surface area contributed by atoms with E-state index in [1.807, 2.05) is 19.9 Å². The number of halogens is 2. The summed E-state index contributed by atoms with van der Waals surface area (Å²) >= 11 is 12.3. The van der Waals surface area contributed by atoms with Gasteiger partial charge in [0.15, 0.2) is 0 Å². The van der Waals surface area contributed by atoms with Crippen LogP contribution in [0.15, 0.2) is 48.8 Å². The van der Waals surface area contributed by atoms with E-state index in [2.05, 4.69) is 20.6 Å². The number of phosphoric ester groups is 1. The summed E-state index contributed by atoms with van der Waals surface area (Å²) in [4.78, 5) is 29.2. The van der Waals surface area contributed by atoms with Crippen LogP contribution in [0.3, 0.4) is 0 Å². The van der Waals surface area contributed by atoms with E-state index < -0.39 is 25.1 Å². The Hall–Kier alpha value is -2.43. The molecule has 0 fully saturated rings. The Labute approximate surface area is 257 Å². The van der Waals surface area contributed by atoms with Gasteiger partial charge < -0.3 is 25.6 Å². The highest BCUT2D eigenvalue weighted by Gasteiger charge is 2.33. The standard InChI is InChI=1S/C21H22Cl2N4O2.C8H19O4P/c1-12(2)26-20-8-16(17(23)10-25-20)14-7-18(24-9-14)21(29)27-19(11-28)13-4-3-5-15(22)6-13;1-7(2,3)11-13(9,10)12-8(4,5)6/h3-10,12,19,24,28H,11H2,1-2H3,(H,25,26)(H,27,29);1-6H3,(H,9,10)/t19-;/m1./s1. The lowest BCUT2D eigenvalue weighted by molar-refractivity contribution is 0.0187. The minimum absolute atomic E-state index is 0.228. The largest absolute Gasteiger partial charge is 0.473 e. The van der Waals surface area contributed by atoms with E-state index in [1.54, 1.807) is 84.3 Å². The van der Waals surface area contributed by atoms with Crippen molar-refractivity contribution >= 4 is 42.7 Å². The van der Waals surface area contributed by atoms with Crippen LogP contribution in [0, 0.1) is 0 Å². The van der Waals surface area contributed by atoms with Crippen molar-refractivity contribution in [2.75, 3.05) is 11.9 Å². The molecule has 1 atom stereocenters. The summed E-state index contributed by atoms with van der Waals surface area (Å²) in [5.41, 5.74) is 1.23. The number of nitrogens with zero attached hydrogens (tertiary/aromatic N) is 1. The van der Waals surface area contributed by atoms with E-state index >= 15 is 0 Å². The zero-order valence-electron chi connectivity index (χ0n) is 25.2. The molecule has 3 aromatic rings. The Balaban J connectivity index is 0.000000401. The smallest absolute Gasteiger partial charge is 0.394 e. The third kappa shape index (κ3) is 12.4. The summed E-state index contributed by atoms with van der Waals surface area (Å²) in [5, 5.41) is 16.7. The van der Waals surface area contributed by atoms with E-state index in [9.17, 15) is 19.4 Å². The predicted molar refractivity (Wildman–Crippen MR) is 168 cm³/mol. The maximum Gasteiger partial charge on any atom is 0.473 e. The van der Waals surface area contributed by atoms with Crippen molar-refractivity contribution < 1.29 is 28.4 Å². The molecule has 10 nitrogen and oxygen atoms in total. The summed E-state index contributed by atoms with van der Waals surface area (Å²) in [5.74, 6) is 0.355. The lowest BCUT2D eigenvalue weighted by Crippen LogP contribution is -2.31. The minimum atomic E-state index is -3.94. The van der Waals surface area contributed by atoms with Crippen LogP contribution >= 0.6 is 31.0 Å². The second-order valence-electron chi connectivity index (χ2n) is 11.8. The molecule has 42 heavy (non-hydrogen) atoms.